The van der Waals surface area contributed by atoms with Gasteiger partial charge >= 0.3 is 6.03 Å². The zero-order valence-corrected chi connectivity index (χ0v) is 14.2. The number of carbonyl (C=O) groups is 1. The summed E-state index contributed by atoms with van der Waals surface area (Å²) in [5, 5.41) is 19.6. The van der Waals surface area contributed by atoms with Crippen LogP contribution in [0.3, 0.4) is 0 Å². The number of hydrogen-bond donors (Lipinski definition) is 3. The molecule has 0 bridgehead atoms. The zero-order chi connectivity index (χ0) is 16.7. The molecule has 0 aliphatic carbocycles. The Hall–Kier alpha value is -2.05. The molecule has 1 aromatic heterocycles. The van der Waals surface area contributed by atoms with Gasteiger partial charge in [-0.1, -0.05) is 18.2 Å². The van der Waals surface area contributed by atoms with Crippen molar-refractivity contribution in [3.05, 3.63) is 52.2 Å². The molecule has 0 saturated carbocycles. The Balaban J connectivity index is 1.84. The summed E-state index contributed by atoms with van der Waals surface area (Å²) in [7, 11) is 0. The highest BCUT2D eigenvalue weighted by molar-refractivity contribution is 7.08. The van der Waals surface area contributed by atoms with E-state index in [1.807, 2.05) is 48.0 Å². The summed E-state index contributed by atoms with van der Waals surface area (Å²) in [5.74, 6) is 0.764. The Bertz CT molecular complexity index is 627. The van der Waals surface area contributed by atoms with Crippen LogP contribution >= 0.6 is 11.3 Å². The van der Waals surface area contributed by atoms with Gasteiger partial charge in [-0.05, 0) is 42.3 Å². The van der Waals surface area contributed by atoms with E-state index in [2.05, 4.69) is 10.6 Å². The molecule has 0 aliphatic heterocycles. The molecule has 0 radical (unpaired) electrons. The van der Waals surface area contributed by atoms with E-state index in [1.54, 1.807) is 6.92 Å². The summed E-state index contributed by atoms with van der Waals surface area (Å²) < 4.78 is 5.52. The van der Waals surface area contributed by atoms with Crippen molar-refractivity contribution in [1.82, 2.24) is 10.6 Å². The molecule has 1 unspecified atom stereocenters. The number of aliphatic hydroxyl groups is 1. The van der Waals surface area contributed by atoms with E-state index < -0.39 is 5.60 Å². The highest BCUT2D eigenvalue weighted by Crippen LogP contribution is 2.22. The minimum atomic E-state index is -1.08. The van der Waals surface area contributed by atoms with E-state index in [9.17, 15) is 9.90 Å². The van der Waals surface area contributed by atoms with Crippen LogP contribution in [0.25, 0.3) is 0 Å². The first kappa shape index (κ1) is 17.3. The summed E-state index contributed by atoms with van der Waals surface area (Å²) >= 11 is 1.51. The molecular formula is C17H22N2O3S. The lowest BCUT2D eigenvalue weighted by Crippen LogP contribution is -2.43. The predicted octanol–water partition coefficient (Wildman–Crippen LogP) is 2.85. The Kier molecular flexibility index (Phi) is 6.01. The van der Waals surface area contributed by atoms with E-state index in [-0.39, 0.29) is 12.6 Å². The van der Waals surface area contributed by atoms with Crippen LogP contribution in [0.1, 0.15) is 25.0 Å². The first-order valence-corrected chi connectivity index (χ1v) is 8.44. The fraction of sp³-hybridized carbons (Fsp3) is 0.353. The molecule has 3 N–H and O–H groups in total. The normalized spacial score (nSPS) is 13.2. The lowest BCUT2D eigenvalue weighted by molar-refractivity contribution is 0.0598. The molecule has 0 spiro atoms. The quantitative estimate of drug-likeness (QED) is 0.729. The van der Waals surface area contributed by atoms with Gasteiger partial charge in [0.1, 0.15) is 11.4 Å². The number of hydrogen-bond acceptors (Lipinski definition) is 4. The minimum absolute atomic E-state index is 0.142. The Morgan fingerprint density at radius 1 is 1.30 bits per heavy atom. The molecule has 2 amide bonds. The van der Waals surface area contributed by atoms with Gasteiger partial charge < -0.3 is 20.5 Å². The summed E-state index contributed by atoms with van der Waals surface area (Å²) in [5.41, 5.74) is 0.624. The van der Waals surface area contributed by atoms with Gasteiger partial charge in [-0.2, -0.15) is 11.3 Å². The number of rotatable bonds is 7. The van der Waals surface area contributed by atoms with Crippen molar-refractivity contribution >= 4 is 17.4 Å². The number of benzene rings is 1. The van der Waals surface area contributed by atoms with Crippen LogP contribution in [0.4, 0.5) is 4.79 Å². The fourth-order valence-corrected chi connectivity index (χ4v) is 2.89. The molecule has 124 valence electrons. The zero-order valence-electron chi connectivity index (χ0n) is 13.3. The maximum Gasteiger partial charge on any atom is 0.315 e. The third-order valence-corrected chi connectivity index (χ3v) is 4.13. The highest BCUT2D eigenvalue weighted by Gasteiger charge is 2.24. The predicted molar refractivity (Wildman–Crippen MR) is 91.7 cm³/mol. The van der Waals surface area contributed by atoms with Crippen LogP contribution in [0.2, 0.25) is 0 Å². The van der Waals surface area contributed by atoms with Crippen LogP contribution in [0.5, 0.6) is 5.75 Å². The van der Waals surface area contributed by atoms with Crippen molar-refractivity contribution in [1.29, 1.82) is 0 Å². The average Bonchev–Trinajstić information content (AvgIpc) is 3.08. The van der Waals surface area contributed by atoms with E-state index in [1.165, 1.54) is 11.3 Å². The monoisotopic (exact) mass is 334 g/mol. The second-order valence-corrected chi connectivity index (χ2v) is 6.14. The summed E-state index contributed by atoms with van der Waals surface area (Å²) in [6.45, 7) is 4.68. The molecule has 1 atom stereocenters. The molecule has 6 heteroatoms. The minimum Gasteiger partial charge on any atom is -0.494 e. The van der Waals surface area contributed by atoms with Gasteiger partial charge in [0, 0.05) is 12.1 Å². The van der Waals surface area contributed by atoms with Gasteiger partial charge in [0.25, 0.3) is 0 Å². The standard InChI is InChI=1S/C17H22N2O3S/c1-3-22-15-7-5-4-6-13(15)10-18-16(20)19-12-17(2,21)14-8-9-23-11-14/h4-9,11,21H,3,10,12H2,1-2H3,(H2,18,19,20). The molecule has 5 nitrogen and oxygen atoms in total. The van der Waals surface area contributed by atoms with E-state index in [0.29, 0.717) is 13.2 Å². The van der Waals surface area contributed by atoms with Crippen molar-refractivity contribution < 1.29 is 14.6 Å². The van der Waals surface area contributed by atoms with Crippen LogP contribution in [0, 0.1) is 0 Å². The summed E-state index contributed by atoms with van der Waals surface area (Å²) in [4.78, 5) is 11.9. The third-order valence-electron chi connectivity index (χ3n) is 3.45. The molecule has 1 aromatic carbocycles. The molecule has 0 aliphatic rings. The largest absolute Gasteiger partial charge is 0.494 e. The maximum absolute atomic E-state index is 11.9. The van der Waals surface area contributed by atoms with E-state index in [0.717, 1.165) is 16.9 Å². The first-order valence-electron chi connectivity index (χ1n) is 7.50. The Morgan fingerprint density at radius 2 is 2.09 bits per heavy atom. The first-order chi connectivity index (χ1) is 11.0. The van der Waals surface area contributed by atoms with Crippen LogP contribution < -0.4 is 15.4 Å². The average molecular weight is 334 g/mol. The number of thiophene rings is 1. The van der Waals surface area contributed by atoms with Gasteiger partial charge in [-0.25, -0.2) is 4.79 Å². The van der Waals surface area contributed by atoms with E-state index >= 15 is 0 Å². The number of nitrogens with one attached hydrogen (secondary N) is 2. The summed E-state index contributed by atoms with van der Waals surface area (Å²) in [6, 6.07) is 9.10. The number of amides is 2. The highest BCUT2D eigenvalue weighted by atomic mass is 32.1. The Morgan fingerprint density at radius 3 is 2.78 bits per heavy atom. The van der Waals surface area contributed by atoms with Gasteiger partial charge in [0.15, 0.2) is 0 Å². The van der Waals surface area contributed by atoms with Gasteiger partial charge in [-0.3, -0.25) is 0 Å². The molecular weight excluding hydrogens is 312 g/mol. The smallest absolute Gasteiger partial charge is 0.315 e. The second-order valence-electron chi connectivity index (χ2n) is 5.36. The van der Waals surface area contributed by atoms with Crippen molar-refractivity contribution in [3.8, 4) is 5.75 Å². The van der Waals surface area contributed by atoms with Crippen molar-refractivity contribution in [3.63, 3.8) is 0 Å². The lowest BCUT2D eigenvalue weighted by Gasteiger charge is -2.23. The van der Waals surface area contributed by atoms with Gasteiger partial charge in [0.2, 0.25) is 0 Å². The van der Waals surface area contributed by atoms with Gasteiger partial charge in [-0.15, -0.1) is 0 Å². The molecule has 0 saturated heterocycles. The number of ether oxygens (including phenoxy) is 1. The van der Waals surface area contributed by atoms with Crippen molar-refractivity contribution in [2.45, 2.75) is 26.0 Å². The number of carbonyl (C=O) groups excluding carboxylic acids is 1. The number of urea groups is 1. The van der Waals surface area contributed by atoms with Crippen LogP contribution in [0.15, 0.2) is 41.1 Å². The van der Waals surface area contributed by atoms with Gasteiger partial charge in [0.05, 0.1) is 13.2 Å². The van der Waals surface area contributed by atoms with Crippen molar-refractivity contribution in [2.75, 3.05) is 13.2 Å². The second kappa shape index (κ2) is 7.99. The van der Waals surface area contributed by atoms with Crippen LogP contribution in [-0.4, -0.2) is 24.3 Å². The SMILES string of the molecule is CCOc1ccccc1CNC(=O)NCC(C)(O)c1ccsc1. The summed E-state index contributed by atoms with van der Waals surface area (Å²) in [6.07, 6.45) is 0. The maximum atomic E-state index is 11.9. The molecule has 1 heterocycles. The molecule has 2 aromatic rings. The van der Waals surface area contributed by atoms with E-state index in [4.69, 9.17) is 4.74 Å². The third kappa shape index (κ3) is 4.97. The van der Waals surface area contributed by atoms with Crippen LogP contribution in [-0.2, 0) is 12.1 Å². The Labute approximate surface area is 140 Å². The number of para-hydroxylation sites is 1. The fourth-order valence-electron chi connectivity index (χ4n) is 2.11. The lowest BCUT2D eigenvalue weighted by atomic mass is 9.99. The topological polar surface area (TPSA) is 70.6 Å². The van der Waals surface area contributed by atoms with Crippen molar-refractivity contribution in [2.24, 2.45) is 0 Å². The molecule has 2 rings (SSSR count). The molecule has 23 heavy (non-hydrogen) atoms. The molecule has 0 fully saturated rings.